The molecule has 0 fully saturated rings. The molecule has 0 aromatic rings. The lowest BCUT2D eigenvalue weighted by molar-refractivity contribution is 0.0233. The third kappa shape index (κ3) is 4.80. The lowest BCUT2D eigenvalue weighted by atomic mass is 10.1. The van der Waals surface area contributed by atoms with E-state index in [1.807, 2.05) is 0 Å². The van der Waals surface area contributed by atoms with E-state index in [0.717, 1.165) is 6.42 Å². The summed E-state index contributed by atoms with van der Waals surface area (Å²) in [5.41, 5.74) is 0. The van der Waals surface area contributed by atoms with Gasteiger partial charge in [0, 0.05) is 0 Å². The first-order valence-corrected chi connectivity index (χ1v) is 4.20. The van der Waals surface area contributed by atoms with Gasteiger partial charge in [-0.3, -0.25) is 0 Å². The number of ether oxygens (including phenoxy) is 1. The lowest BCUT2D eigenvalue weighted by Crippen LogP contribution is -2.19. The molecule has 0 spiro atoms. The Kier molecular flexibility index (Phi) is 5.87. The molecular weight excluding hydrogens is 138 g/mol. The first-order chi connectivity index (χ1) is 5.22. The standard InChI is InChI=1S/C9H17NO/c1-4-9(8(2)3)11-7-5-6-10/h8-9H,4-5,7H2,1-3H3. The lowest BCUT2D eigenvalue weighted by Gasteiger charge is -2.18. The molecule has 0 saturated heterocycles. The first kappa shape index (κ1) is 10.4. The largest absolute Gasteiger partial charge is 0.377 e. The van der Waals surface area contributed by atoms with Crippen LogP contribution in [0.4, 0.5) is 0 Å². The predicted molar refractivity (Wildman–Crippen MR) is 45.1 cm³/mol. The highest BCUT2D eigenvalue weighted by atomic mass is 16.5. The zero-order valence-corrected chi connectivity index (χ0v) is 7.63. The van der Waals surface area contributed by atoms with Crippen LogP contribution in [-0.4, -0.2) is 12.7 Å². The molecule has 0 aromatic carbocycles. The molecule has 0 aromatic heterocycles. The fourth-order valence-corrected chi connectivity index (χ4v) is 1.04. The molecular formula is C9H17NO. The molecule has 2 heteroatoms. The molecule has 1 atom stereocenters. The second kappa shape index (κ2) is 6.18. The number of hydrogen-bond acceptors (Lipinski definition) is 2. The van der Waals surface area contributed by atoms with Crippen molar-refractivity contribution in [1.82, 2.24) is 0 Å². The summed E-state index contributed by atoms with van der Waals surface area (Å²) < 4.78 is 5.47. The van der Waals surface area contributed by atoms with Crippen LogP contribution >= 0.6 is 0 Å². The number of nitrogens with zero attached hydrogens (tertiary/aromatic N) is 1. The van der Waals surface area contributed by atoms with E-state index in [1.165, 1.54) is 0 Å². The van der Waals surface area contributed by atoms with E-state index in [-0.39, 0.29) is 0 Å². The molecule has 2 nitrogen and oxygen atoms in total. The van der Waals surface area contributed by atoms with E-state index >= 15 is 0 Å². The SMILES string of the molecule is CCC(OCCC#N)C(C)C. The molecule has 0 aliphatic rings. The molecule has 0 bridgehead atoms. The van der Waals surface area contributed by atoms with Gasteiger partial charge in [-0.15, -0.1) is 0 Å². The third-order valence-electron chi connectivity index (χ3n) is 1.69. The van der Waals surface area contributed by atoms with Crippen molar-refractivity contribution < 1.29 is 4.74 Å². The van der Waals surface area contributed by atoms with Crippen molar-refractivity contribution in [2.45, 2.75) is 39.7 Å². The van der Waals surface area contributed by atoms with Gasteiger partial charge in [0.25, 0.3) is 0 Å². The summed E-state index contributed by atoms with van der Waals surface area (Å²) in [5, 5.41) is 8.26. The van der Waals surface area contributed by atoms with Gasteiger partial charge >= 0.3 is 0 Å². The maximum Gasteiger partial charge on any atom is 0.0645 e. The van der Waals surface area contributed by atoms with E-state index in [9.17, 15) is 0 Å². The Morgan fingerprint density at radius 1 is 1.45 bits per heavy atom. The molecule has 11 heavy (non-hydrogen) atoms. The molecule has 0 amide bonds. The highest BCUT2D eigenvalue weighted by molar-refractivity contribution is 4.68. The average molecular weight is 155 g/mol. The Morgan fingerprint density at radius 3 is 2.45 bits per heavy atom. The van der Waals surface area contributed by atoms with Gasteiger partial charge in [0.1, 0.15) is 0 Å². The molecule has 0 heterocycles. The van der Waals surface area contributed by atoms with Crippen molar-refractivity contribution >= 4 is 0 Å². The average Bonchev–Trinajstić information content (AvgIpc) is 1.97. The molecule has 0 N–H and O–H groups in total. The van der Waals surface area contributed by atoms with E-state index in [2.05, 4.69) is 26.8 Å². The maximum absolute atomic E-state index is 8.26. The maximum atomic E-state index is 8.26. The van der Waals surface area contributed by atoms with Gasteiger partial charge in [0.05, 0.1) is 25.2 Å². The minimum atomic E-state index is 0.323. The monoisotopic (exact) mass is 155 g/mol. The van der Waals surface area contributed by atoms with Gasteiger partial charge < -0.3 is 4.74 Å². The van der Waals surface area contributed by atoms with Crippen LogP contribution in [0.2, 0.25) is 0 Å². The Bertz CT molecular complexity index is 126. The number of hydrogen-bond donors (Lipinski definition) is 0. The van der Waals surface area contributed by atoms with Gasteiger partial charge in [-0.1, -0.05) is 20.8 Å². The topological polar surface area (TPSA) is 33.0 Å². The van der Waals surface area contributed by atoms with E-state index < -0.39 is 0 Å². The van der Waals surface area contributed by atoms with Gasteiger partial charge in [-0.05, 0) is 12.3 Å². The smallest absolute Gasteiger partial charge is 0.0645 e. The van der Waals surface area contributed by atoms with E-state index in [0.29, 0.717) is 25.0 Å². The second-order valence-corrected chi connectivity index (χ2v) is 2.97. The van der Waals surface area contributed by atoms with Crippen LogP contribution in [-0.2, 0) is 4.74 Å². The summed E-state index contributed by atoms with van der Waals surface area (Å²) in [6.45, 7) is 6.96. The molecule has 0 aliphatic carbocycles. The van der Waals surface area contributed by atoms with Crippen molar-refractivity contribution in [2.75, 3.05) is 6.61 Å². The minimum Gasteiger partial charge on any atom is -0.377 e. The first-order valence-electron chi connectivity index (χ1n) is 4.20. The van der Waals surface area contributed by atoms with E-state index in [4.69, 9.17) is 10.00 Å². The number of rotatable bonds is 5. The minimum absolute atomic E-state index is 0.323. The van der Waals surface area contributed by atoms with Crippen LogP contribution in [0.15, 0.2) is 0 Å². The summed E-state index contributed by atoms with van der Waals surface area (Å²) in [4.78, 5) is 0. The fraction of sp³-hybridized carbons (Fsp3) is 0.889. The third-order valence-corrected chi connectivity index (χ3v) is 1.69. The van der Waals surface area contributed by atoms with Crippen molar-refractivity contribution in [3.63, 3.8) is 0 Å². The highest BCUT2D eigenvalue weighted by Crippen LogP contribution is 2.09. The highest BCUT2D eigenvalue weighted by Gasteiger charge is 2.09. The molecule has 0 radical (unpaired) electrons. The molecule has 1 unspecified atom stereocenters. The summed E-state index contributed by atoms with van der Waals surface area (Å²) >= 11 is 0. The molecule has 0 saturated carbocycles. The van der Waals surface area contributed by atoms with Gasteiger partial charge in [-0.2, -0.15) is 5.26 Å². The number of nitriles is 1. The Morgan fingerprint density at radius 2 is 2.09 bits per heavy atom. The van der Waals surface area contributed by atoms with Crippen molar-refractivity contribution in [2.24, 2.45) is 5.92 Å². The van der Waals surface area contributed by atoms with Crippen molar-refractivity contribution in [1.29, 1.82) is 5.26 Å². The Hall–Kier alpha value is -0.550. The molecule has 0 aliphatic heterocycles. The van der Waals surface area contributed by atoms with Crippen LogP contribution in [0.3, 0.4) is 0 Å². The van der Waals surface area contributed by atoms with Gasteiger partial charge in [0.15, 0.2) is 0 Å². The molecule has 64 valence electrons. The van der Waals surface area contributed by atoms with Crippen LogP contribution in [0.5, 0.6) is 0 Å². The zero-order chi connectivity index (χ0) is 8.69. The van der Waals surface area contributed by atoms with Crippen LogP contribution in [0, 0.1) is 17.2 Å². The summed E-state index contributed by atoms with van der Waals surface area (Å²) in [6, 6.07) is 2.06. The second-order valence-electron chi connectivity index (χ2n) is 2.97. The van der Waals surface area contributed by atoms with Crippen molar-refractivity contribution in [3.05, 3.63) is 0 Å². The van der Waals surface area contributed by atoms with Crippen molar-refractivity contribution in [3.8, 4) is 6.07 Å². The Balaban J connectivity index is 3.46. The van der Waals surface area contributed by atoms with E-state index in [1.54, 1.807) is 0 Å². The zero-order valence-electron chi connectivity index (χ0n) is 7.63. The van der Waals surface area contributed by atoms with Crippen LogP contribution in [0.25, 0.3) is 0 Å². The summed E-state index contributed by atoms with van der Waals surface area (Å²) in [6.07, 6.45) is 1.86. The van der Waals surface area contributed by atoms with Gasteiger partial charge in [-0.25, -0.2) is 0 Å². The predicted octanol–water partition coefficient (Wildman–Crippen LogP) is 2.35. The quantitative estimate of drug-likeness (QED) is 0.571. The van der Waals surface area contributed by atoms with Gasteiger partial charge in [0.2, 0.25) is 0 Å². The summed E-state index contributed by atoms with van der Waals surface area (Å²) in [5.74, 6) is 0.554. The molecule has 0 rings (SSSR count). The Labute approximate surface area is 69.2 Å². The normalized spacial score (nSPS) is 13.0. The fourth-order valence-electron chi connectivity index (χ4n) is 1.04. The summed E-state index contributed by atoms with van der Waals surface area (Å²) in [7, 11) is 0. The van der Waals surface area contributed by atoms with Crippen LogP contribution < -0.4 is 0 Å². The van der Waals surface area contributed by atoms with Crippen LogP contribution in [0.1, 0.15) is 33.6 Å².